The molecule has 6 aromatic carbocycles. The van der Waals surface area contributed by atoms with E-state index in [1.807, 2.05) is 72.8 Å². The molecule has 2 aliphatic heterocycles. The van der Waals surface area contributed by atoms with Crippen LogP contribution in [0.15, 0.2) is 127 Å². The van der Waals surface area contributed by atoms with Gasteiger partial charge < -0.3 is 23.7 Å². The number of carbonyl (C=O) groups excluding carboxylic acids is 4. The van der Waals surface area contributed by atoms with Gasteiger partial charge in [-0.3, -0.25) is 14.9 Å². The van der Waals surface area contributed by atoms with Crippen LogP contribution in [0.1, 0.15) is 102 Å². The summed E-state index contributed by atoms with van der Waals surface area (Å²) < 4.78 is 26.7. The Labute approximate surface area is 397 Å². The Morgan fingerprint density at radius 3 is 1.30 bits per heavy atom. The number of nitrogens with zero attached hydrogens (tertiary/aromatic N) is 1. The zero-order valence-corrected chi connectivity index (χ0v) is 38.7. The lowest BCUT2D eigenvalue weighted by molar-refractivity contribution is -0.385. The molecule has 0 saturated carbocycles. The number of halogens is 3. The molecule has 8 rings (SSSR count). The summed E-state index contributed by atoms with van der Waals surface area (Å²) in [6.45, 7) is 7.92. The number of aryl methyl sites for hydroxylation is 1. The summed E-state index contributed by atoms with van der Waals surface area (Å²) in [5.74, 6) is 0.590. The van der Waals surface area contributed by atoms with Gasteiger partial charge in [0.15, 0.2) is 0 Å². The normalized spacial score (nSPS) is 13.7. The van der Waals surface area contributed by atoms with Crippen molar-refractivity contribution < 1.29 is 47.8 Å². The number of hydrogen-bond donors (Lipinski definition) is 0. The Hall–Kier alpha value is -6.73. The van der Waals surface area contributed by atoms with Gasteiger partial charge in [0.1, 0.15) is 30.0 Å². The predicted octanol–water partition coefficient (Wildman–Crippen LogP) is 12.6. The highest BCUT2D eigenvalue weighted by Crippen LogP contribution is 2.39. The van der Waals surface area contributed by atoms with Crippen LogP contribution in [0.4, 0.5) is 5.69 Å². The third-order valence-electron chi connectivity index (χ3n) is 9.89. The fourth-order valence-corrected chi connectivity index (χ4v) is 7.03. The van der Waals surface area contributed by atoms with Crippen LogP contribution in [-0.2, 0) is 27.1 Å². The van der Waals surface area contributed by atoms with E-state index in [1.165, 1.54) is 18.2 Å². The number of nitro benzene ring substituents is 1. The van der Waals surface area contributed by atoms with Crippen molar-refractivity contribution in [2.45, 2.75) is 52.7 Å². The molecule has 66 heavy (non-hydrogen) atoms. The highest BCUT2D eigenvalue weighted by Gasteiger charge is 2.27. The van der Waals surface area contributed by atoms with Crippen LogP contribution in [0.2, 0.25) is 15.1 Å². The van der Waals surface area contributed by atoms with Crippen LogP contribution in [0.25, 0.3) is 0 Å². The number of esters is 3. The molecular formula is C51H46Cl3NO11. The molecule has 0 amide bonds. The molecule has 2 aliphatic rings. The zero-order chi connectivity index (χ0) is 47.8. The van der Waals surface area contributed by atoms with Gasteiger partial charge in [0.2, 0.25) is 0 Å². The van der Waals surface area contributed by atoms with Gasteiger partial charge in [-0.25, -0.2) is 14.4 Å². The molecule has 2 atom stereocenters. The Morgan fingerprint density at radius 2 is 0.955 bits per heavy atom. The minimum absolute atomic E-state index is 0.00282. The summed E-state index contributed by atoms with van der Waals surface area (Å²) in [6.07, 6.45) is 2.20. The molecule has 0 saturated heterocycles. The number of nitro groups is 1. The van der Waals surface area contributed by atoms with E-state index in [9.17, 15) is 29.3 Å². The Morgan fingerprint density at radius 1 is 0.591 bits per heavy atom. The molecule has 12 nitrogen and oxygen atoms in total. The number of ether oxygens (including phenoxy) is 5. The number of fused-ring (bicyclic) bond motifs is 2. The first-order valence-electron chi connectivity index (χ1n) is 20.8. The molecular weight excluding hydrogens is 909 g/mol. The minimum Gasteiger partial charge on any atom is -0.485 e. The Kier molecular flexibility index (Phi) is 18.7. The zero-order valence-electron chi connectivity index (χ0n) is 36.5. The van der Waals surface area contributed by atoms with Crippen molar-refractivity contribution in [2.75, 3.05) is 19.8 Å². The van der Waals surface area contributed by atoms with Gasteiger partial charge in [0.05, 0.1) is 41.4 Å². The van der Waals surface area contributed by atoms with Gasteiger partial charge in [-0.15, -0.1) is 0 Å². The largest absolute Gasteiger partial charge is 0.485 e. The van der Waals surface area contributed by atoms with Gasteiger partial charge in [-0.1, -0.05) is 71.2 Å². The van der Waals surface area contributed by atoms with E-state index in [4.69, 9.17) is 58.5 Å². The topological polar surface area (TPSA) is 158 Å². The Bertz CT molecular complexity index is 2520. The molecule has 342 valence electrons. The first-order chi connectivity index (χ1) is 31.7. The molecule has 6 aromatic rings. The summed E-state index contributed by atoms with van der Waals surface area (Å²) in [5, 5.41) is 12.6. The minimum atomic E-state index is -0.482. The summed E-state index contributed by atoms with van der Waals surface area (Å²) in [5.41, 5.74) is 6.78. The number of benzene rings is 6. The van der Waals surface area contributed by atoms with Gasteiger partial charge in [-0.05, 0) is 135 Å². The lowest BCUT2D eigenvalue weighted by Gasteiger charge is -2.10. The van der Waals surface area contributed by atoms with E-state index in [2.05, 4.69) is 0 Å². The van der Waals surface area contributed by atoms with Crippen LogP contribution in [0.3, 0.4) is 0 Å². The molecule has 15 heteroatoms. The number of hydrogen-bond acceptors (Lipinski definition) is 11. The van der Waals surface area contributed by atoms with Gasteiger partial charge >= 0.3 is 17.9 Å². The molecule has 0 spiro atoms. The molecule has 0 N–H and O–H groups in total. The van der Waals surface area contributed by atoms with Crippen molar-refractivity contribution in [1.82, 2.24) is 0 Å². The van der Waals surface area contributed by atoms with Crippen molar-refractivity contribution in [3.8, 4) is 11.5 Å². The first kappa shape index (κ1) is 50.3. The number of rotatable bonds is 10. The highest BCUT2D eigenvalue weighted by molar-refractivity contribution is 6.31. The second kappa shape index (κ2) is 24.5. The molecule has 0 aromatic heterocycles. The average Bonchev–Trinajstić information content (AvgIpc) is 3.95. The second-order valence-electron chi connectivity index (χ2n) is 14.5. The fraction of sp³-hybridized carbons (Fsp3) is 0.216. The van der Waals surface area contributed by atoms with Gasteiger partial charge in [-0.2, -0.15) is 0 Å². The van der Waals surface area contributed by atoms with Gasteiger partial charge in [0, 0.05) is 45.1 Å². The average molecular weight is 955 g/mol. The lowest BCUT2D eigenvalue weighted by atomic mass is 10.0. The van der Waals surface area contributed by atoms with Crippen molar-refractivity contribution in [3.63, 3.8) is 0 Å². The van der Waals surface area contributed by atoms with Crippen LogP contribution >= 0.6 is 34.8 Å². The second-order valence-corrected chi connectivity index (χ2v) is 15.8. The van der Waals surface area contributed by atoms with Crippen molar-refractivity contribution in [3.05, 3.63) is 203 Å². The summed E-state index contributed by atoms with van der Waals surface area (Å²) >= 11 is 17.4. The summed E-state index contributed by atoms with van der Waals surface area (Å²) in [7, 11) is 0. The molecule has 0 fully saturated rings. The van der Waals surface area contributed by atoms with Crippen molar-refractivity contribution in [1.29, 1.82) is 0 Å². The summed E-state index contributed by atoms with van der Waals surface area (Å²) in [4.78, 5) is 54.9. The molecule has 0 bridgehead atoms. The van der Waals surface area contributed by atoms with Gasteiger partial charge in [0.25, 0.3) is 5.69 Å². The number of aldehydes is 1. The molecule has 0 radical (unpaired) electrons. The molecule has 0 unspecified atom stereocenters. The Balaban J connectivity index is 0.000000172. The summed E-state index contributed by atoms with van der Waals surface area (Å²) in [6, 6.07) is 37.0. The SMILES string of the molecule is CCOC(=O)c1ccc([N+](=O)[O-])c(C)c1.CCOC(=O)c1ccc2c(c1)C[C@@H](c1ccc(Cl)cc1)O2.CCOC(=O)c1ccc2c(c1)C[C@H](c1ccc(Cl)cc1)O2.O=Cc1ccc(Cl)cc1. The van der Waals surface area contributed by atoms with E-state index < -0.39 is 10.9 Å². The predicted molar refractivity (Wildman–Crippen MR) is 252 cm³/mol. The van der Waals surface area contributed by atoms with Crippen LogP contribution in [-0.4, -0.2) is 48.9 Å². The van der Waals surface area contributed by atoms with E-state index in [1.54, 1.807) is 64.1 Å². The molecule has 2 heterocycles. The quantitative estimate of drug-likeness (QED) is 0.0423. The maximum Gasteiger partial charge on any atom is 0.338 e. The monoisotopic (exact) mass is 953 g/mol. The van der Waals surface area contributed by atoms with Crippen molar-refractivity contribution in [2.24, 2.45) is 0 Å². The maximum absolute atomic E-state index is 11.8. The van der Waals surface area contributed by atoms with E-state index in [0.717, 1.165) is 52.9 Å². The highest BCUT2D eigenvalue weighted by atomic mass is 35.5. The van der Waals surface area contributed by atoms with Crippen LogP contribution < -0.4 is 9.47 Å². The maximum atomic E-state index is 11.8. The standard InChI is InChI=1S/2C17H15ClO3.C10H11NO4.C7H5ClO/c2*1-2-20-17(19)12-5-8-15-13(9-12)10-16(21-15)11-3-6-14(18)7-4-11;1-3-15-10(12)8-4-5-9(11(13)14)7(2)6-8;8-7-3-1-6(5-9)2-4-7/h2*3-9,16H,2,10H2,1H3;4-6H,3H2,1-2H3;1-5H/t2*16-;;/m10../s1. The van der Waals surface area contributed by atoms with E-state index in [0.29, 0.717) is 56.1 Å². The lowest BCUT2D eigenvalue weighted by Crippen LogP contribution is -2.05. The third kappa shape index (κ3) is 14.1. The van der Waals surface area contributed by atoms with Crippen LogP contribution in [0.5, 0.6) is 11.5 Å². The molecule has 0 aliphatic carbocycles. The van der Waals surface area contributed by atoms with Crippen LogP contribution in [0, 0.1) is 17.0 Å². The fourth-order valence-electron chi connectivity index (χ4n) is 6.65. The van der Waals surface area contributed by atoms with Crippen molar-refractivity contribution >= 4 is 64.7 Å². The smallest absolute Gasteiger partial charge is 0.338 e. The number of carbonyl (C=O) groups is 4. The third-order valence-corrected chi connectivity index (χ3v) is 10.6. The first-order valence-corrected chi connectivity index (χ1v) is 21.9. The van der Waals surface area contributed by atoms with E-state index in [-0.39, 0.29) is 36.4 Å². The van der Waals surface area contributed by atoms with E-state index >= 15 is 0 Å².